The fourth-order valence-electron chi connectivity index (χ4n) is 3.28. The molecule has 0 aromatic heterocycles. The van der Waals surface area contributed by atoms with Crippen LogP contribution in [0.2, 0.25) is 0 Å². The normalized spacial score (nSPS) is 20.5. The van der Waals surface area contributed by atoms with Gasteiger partial charge in [-0.2, -0.15) is 0 Å². The van der Waals surface area contributed by atoms with Crippen LogP contribution < -0.4 is 15.4 Å². The molecular formula is C21H22ClF3N2O2. The van der Waals surface area contributed by atoms with Gasteiger partial charge in [0.15, 0.2) is 0 Å². The summed E-state index contributed by atoms with van der Waals surface area (Å²) in [5, 5.41) is 6.30. The molecule has 2 saturated carbocycles. The highest BCUT2D eigenvalue weighted by atomic mass is 35.5. The van der Waals surface area contributed by atoms with Gasteiger partial charge in [0, 0.05) is 23.2 Å². The molecule has 29 heavy (non-hydrogen) atoms. The van der Waals surface area contributed by atoms with Gasteiger partial charge in [0.2, 0.25) is 0 Å². The summed E-state index contributed by atoms with van der Waals surface area (Å²) in [6, 6.07) is 13.2. The summed E-state index contributed by atoms with van der Waals surface area (Å²) in [5.41, 5.74) is 1.92. The summed E-state index contributed by atoms with van der Waals surface area (Å²) in [5.74, 6) is 0.461. The van der Waals surface area contributed by atoms with Crippen molar-refractivity contribution in [2.24, 2.45) is 5.92 Å². The third kappa shape index (κ3) is 6.11. The van der Waals surface area contributed by atoms with Gasteiger partial charge in [-0.25, -0.2) is 0 Å². The van der Waals surface area contributed by atoms with Crippen molar-refractivity contribution in [3.8, 4) is 5.75 Å². The summed E-state index contributed by atoms with van der Waals surface area (Å²) >= 11 is 0. The van der Waals surface area contributed by atoms with Crippen LogP contribution in [0.3, 0.4) is 0 Å². The predicted molar refractivity (Wildman–Crippen MR) is 107 cm³/mol. The van der Waals surface area contributed by atoms with Crippen molar-refractivity contribution in [2.45, 2.75) is 37.6 Å². The number of carbonyl (C=O) groups is 1. The van der Waals surface area contributed by atoms with Crippen LogP contribution in [0, 0.1) is 5.92 Å². The number of anilines is 1. The molecule has 2 aromatic rings. The average molecular weight is 427 g/mol. The molecular weight excluding hydrogens is 405 g/mol. The molecule has 0 aliphatic heterocycles. The van der Waals surface area contributed by atoms with Gasteiger partial charge in [0.05, 0.1) is 0 Å². The minimum absolute atomic E-state index is 0. The lowest BCUT2D eigenvalue weighted by molar-refractivity contribution is -0.274. The van der Waals surface area contributed by atoms with Crippen LogP contribution in [0.25, 0.3) is 0 Å². The molecule has 0 bridgehead atoms. The number of amides is 1. The van der Waals surface area contributed by atoms with Gasteiger partial charge in [0.1, 0.15) is 5.75 Å². The zero-order valence-electron chi connectivity index (χ0n) is 15.5. The van der Waals surface area contributed by atoms with E-state index in [4.69, 9.17) is 0 Å². The van der Waals surface area contributed by atoms with Crippen LogP contribution in [0.15, 0.2) is 48.5 Å². The lowest BCUT2D eigenvalue weighted by Gasteiger charge is -2.10. The van der Waals surface area contributed by atoms with E-state index in [2.05, 4.69) is 15.4 Å². The fraction of sp³-hybridized carbons (Fsp3) is 0.381. The summed E-state index contributed by atoms with van der Waals surface area (Å²) in [6.07, 6.45) is -0.989. The SMILES string of the molecule is Cl.O=C(Nc1ccc([C@@H]2C[C@H]2NCC2CC2)cc1)c1cccc(OC(F)(F)F)c1. The molecule has 0 heterocycles. The first-order valence-electron chi connectivity index (χ1n) is 9.38. The molecule has 0 spiro atoms. The van der Waals surface area contributed by atoms with E-state index in [1.807, 2.05) is 24.3 Å². The summed E-state index contributed by atoms with van der Waals surface area (Å²) in [7, 11) is 0. The fourth-order valence-corrected chi connectivity index (χ4v) is 3.28. The number of hydrogen-bond acceptors (Lipinski definition) is 3. The number of hydrogen-bond donors (Lipinski definition) is 2. The first-order valence-corrected chi connectivity index (χ1v) is 9.38. The molecule has 2 atom stereocenters. The molecule has 156 valence electrons. The van der Waals surface area contributed by atoms with E-state index in [9.17, 15) is 18.0 Å². The molecule has 2 aliphatic carbocycles. The Morgan fingerprint density at radius 3 is 2.48 bits per heavy atom. The summed E-state index contributed by atoms with van der Waals surface area (Å²) < 4.78 is 40.8. The van der Waals surface area contributed by atoms with Gasteiger partial charge in [-0.3, -0.25) is 4.79 Å². The minimum Gasteiger partial charge on any atom is -0.406 e. The van der Waals surface area contributed by atoms with E-state index < -0.39 is 18.0 Å². The van der Waals surface area contributed by atoms with Crippen LogP contribution in [-0.2, 0) is 0 Å². The highest BCUT2D eigenvalue weighted by Gasteiger charge is 2.38. The lowest BCUT2D eigenvalue weighted by Crippen LogP contribution is -2.20. The first-order chi connectivity index (χ1) is 13.4. The topological polar surface area (TPSA) is 50.4 Å². The molecule has 0 radical (unpaired) electrons. The predicted octanol–water partition coefficient (Wildman–Crippen LogP) is 5.11. The molecule has 2 aliphatic rings. The monoisotopic (exact) mass is 426 g/mol. The molecule has 2 N–H and O–H groups in total. The maximum atomic E-state index is 12.3. The van der Waals surface area contributed by atoms with Gasteiger partial charge < -0.3 is 15.4 Å². The number of alkyl halides is 3. The van der Waals surface area contributed by atoms with E-state index in [1.54, 1.807) is 0 Å². The van der Waals surface area contributed by atoms with E-state index >= 15 is 0 Å². The number of nitrogens with one attached hydrogen (secondary N) is 2. The van der Waals surface area contributed by atoms with Gasteiger partial charge in [-0.1, -0.05) is 18.2 Å². The molecule has 8 heteroatoms. The molecule has 4 rings (SSSR count). The molecule has 0 unspecified atom stereocenters. The highest BCUT2D eigenvalue weighted by molar-refractivity contribution is 6.04. The Hall–Kier alpha value is -2.25. The largest absolute Gasteiger partial charge is 0.573 e. The van der Waals surface area contributed by atoms with Gasteiger partial charge in [0.25, 0.3) is 5.91 Å². The van der Waals surface area contributed by atoms with Crippen LogP contribution in [-0.4, -0.2) is 24.9 Å². The molecule has 0 saturated heterocycles. The third-order valence-electron chi connectivity index (χ3n) is 5.08. The maximum absolute atomic E-state index is 12.3. The van der Waals surface area contributed by atoms with Crippen molar-refractivity contribution >= 4 is 24.0 Å². The average Bonchev–Trinajstić information content (AvgIpc) is 3.54. The summed E-state index contributed by atoms with van der Waals surface area (Å²) in [6.45, 7) is 1.10. The zero-order chi connectivity index (χ0) is 19.7. The quantitative estimate of drug-likeness (QED) is 0.646. The van der Waals surface area contributed by atoms with Gasteiger partial charge in [-0.15, -0.1) is 25.6 Å². The van der Waals surface area contributed by atoms with Crippen LogP contribution in [0.5, 0.6) is 5.75 Å². The maximum Gasteiger partial charge on any atom is 0.573 e. The Kier molecular flexibility index (Phi) is 6.39. The third-order valence-corrected chi connectivity index (χ3v) is 5.08. The second kappa shape index (κ2) is 8.63. The zero-order valence-corrected chi connectivity index (χ0v) is 16.4. The Bertz CT molecular complexity index is 854. The van der Waals surface area contributed by atoms with Gasteiger partial charge in [-0.05, 0) is 67.6 Å². The number of ether oxygens (including phenoxy) is 1. The van der Waals surface area contributed by atoms with E-state index in [1.165, 1.54) is 30.5 Å². The Morgan fingerprint density at radius 2 is 1.83 bits per heavy atom. The second-order valence-electron chi connectivity index (χ2n) is 7.45. The van der Waals surface area contributed by atoms with E-state index in [0.717, 1.165) is 31.0 Å². The molecule has 2 fully saturated rings. The Balaban J connectivity index is 0.00000240. The number of carbonyl (C=O) groups excluding carboxylic acids is 1. The van der Waals surface area contributed by atoms with Crippen molar-refractivity contribution in [1.82, 2.24) is 5.32 Å². The second-order valence-corrected chi connectivity index (χ2v) is 7.45. The number of benzene rings is 2. The minimum atomic E-state index is -4.79. The van der Waals surface area contributed by atoms with Crippen molar-refractivity contribution in [1.29, 1.82) is 0 Å². The molecule has 1 amide bonds. The van der Waals surface area contributed by atoms with Crippen molar-refractivity contribution < 1.29 is 22.7 Å². The smallest absolute Gasteiger partial charge is 0.406 e. The molecule has 4 nitrogen and oxygen atoms in total. The number of halogens is 4. The lowest BCUT2D eigenvalue weighted by atomic mass is 10.1. The van der Waals surface area contributed by atoms with Crippen molar-refractivity contribution in [3.63, 3.8) is 0 Å². The van der Waals surface area contributed by atoms with Crippen molar-refractivity contribution in [2.75, 3.05) is 11.9 Å². The number of rotatable bonds is 7. The van der Waals surface area contributed by atoms with Crippen LogP contribution in [0.1, 0.15) is 41.1 Å². The summed E-state index contributed by atoms with van der Waals surface area (Å²) in [4.78, 5) is 12.3. The van der Waals surface area contributed by atoms with E-state index in [0.29, 0.717) is 17.6 Å². The van der Waals surface area contributed by atoms with Crippen LogP contribution in [0.4, 0.5) is 18.9 Å². The van der Waals surface area contributed by atoms with Crippen molar-refractivity contribution in [3.05, 3.63) is 59.7 Å². The molecule has 2 aromatic carbocycles. The standard InChI is InChI=1S/C21H21F3N2O2.ClH/c22-21(23,24)28-17-3-1-2-15(10-17)20(27)26-16-8-6-14(7-9-16)18-11-19(18)25-12-13-4-5-13;/h1-3,6-10,13,18-19,25H,4-5,11-12H2,(H,26,27);1H/t18-,19+;/m0./s1. The Labute approximate surface area is 173 Å². The van der Waals surface area contributed by atoms with Crippen LogP contribution >= 0.6 is 12.4 Å². The van der Waals surface area contributed by atoms with E-state index in [-0.39, 0.29) is 18.0 Å². The Morgan fingerprint density at radius 1 is 1.10 bits per heavy atom. The highest BCUT2D eigenvalue weighted by Crippen LogP contribution is 2.42. The van der Waals surface area contributed by atoms with Gasteiger partial charge >= 0.3 is 6.36 Å². The first kappa shape index (κ1) is 21.5.